The van der Waals surface area contributed by atoms with Crippen LogP contribution in [0.5, 0.6) is 11.5 Å². The number of phenols is 2. The predicted octanol–water partition coefficient (Wildman–Crippen LogP) is 6.14. The lowest BCUT2D eigenvalue weighted by atomic mass is 9.74. The molecule has 0 saturated heterocycles. The highest BCUT2D eigenvalue weighted by atomic mass is 16.3. The van der Waals surface area contributed by atoms with Gasteiger partial charge in [0, 0.05) is 11.1 Å². The quantitative estimate of drug-likeness (QED) is 0.509. The van der Waals surface area contributed by atoms with Crippen LogP contribution in [0.4, 0.5) is 0 Å². The molecule has 2 heteroatoms. The van der Waals surface area contributed by atoms with Gasteiger partial charge in [0.15, 0.2) is 0 Å². The molecule has 0 bridgehead atoms. The van der Waals surface area contributed by atoms with Gasteiger partial charge in [-0.05, 0) is 46.9 Å². The van der Waals surface area contributed by atoms with E-state index in [2.05, 4.69) is 52.0 Å². The minimum absolute atomic E-state index is 0.245. The summed E-state index contributed by atoms with van der Waals surface area (Å²) in [5, 5.41) is 21.7. The van der Waals surface area contributed by atoms with Gasteiger partial charge in [-0.3, -0.25) is 0 Å². The summed E-state index contributed by atoms with van der Waals surface area (Å²) in [6.45, 7) is 8.40. The third kappa shape index (κ3) is 4.39. The van der Waals surface area contributed by atoms with E-state index in [9.17, 15) is 10.2 Å². The van der Waals surface area contributed by atoms with Crippen molar-refractivity contribution in [2.75, 3.05) is 0 Å². The van der Waals surface area contributed by atoms with E-state index in [4.69, 9.17) is 0 Å². The SMILES string of the molecule is CC(C)(Cc1ccccc1)c1cc(O)c(C(C)(C)Cc2ccccc2)cc1O. The number of aromatic hydroxyl groups is 2. The van der Waals surface area contributed by atoms with E-state index < -0.39 is 0 Å². The first-order chi connectivity index (χ1) is 13.2. The molecule has 3 aromatic rings. The van der Waals surface area contributed by atoms with Crippen molar-refractivity contribution in [3.63, 3.8) is 0 Å². The molecule has 0 aliphatic rings. The lowest BCUT2D eigenvalue weighted by Gasteiger charge is -2.30. The molecule has 28 heavy (non-hydrogen) atoms. The van der Waals surface area contributed by atoms with E-state index >= 15 is 0 Å². The fraction of sp³-hybridized carbons (Fsp3) is 0.308. The van der Waals surface area contributed by atoms with Crippen molar-refractivity contribution in [2.24, 2.45) is 0 Å². The van der Waals surface area contributed by atoms with Crippen LogP contribution in [0.25, 0.3) is 0 Å². The zero-order valence-electron chi connectivity index (χ0n) is 17.2. The summed E-state index contributed by atoms with van der Waals surface area (Å²) in [7, 11) is 0. The standard InChI is InChI=1S/C26H30O2/c1-25(2,17-19-11-7-5-8-12-19)21-15-24(28)22(16-23(21)27)26(3,4)18-20-13-9-6-10-14-20/h5-16,27-28H,17-18H2,1-4H3. The van der Waals surface area contributed by atoms with Crippen LogP contribution >= 0.6 is 0 Å². The van der Waals surface area contributed by atoms with E-state index in [1.165, 1.54) is 11.1 Å². The van der Waals surface area contributed by atoms with Crippen LogP contribution in [-0.2, 0) is 23.7 Å². The normalized spacial score (nSPS) is 12.1. The molecule has 0 saturated carbocycles. The van der Waals surface area contributed by atoms with Crippen molar-refractivity contribution in [3.05, 3.63) is 95.1 Å². The lowest BCUT2D eigenvalue weighted by Crippen LogP contribution is -2.23. The average Bonchev–Trinajstić information content (AvgIpc) is 2.64. The Bertz CT molecular complexity index is 846. The topological polar surface area (TPSA) is 40.5 Å². The van der Waals surface area contributed by atoms with E-state index in [0.717, 1.165) is 24.0 Å². The summed E-state index contributed by atoms with van der Waals surface area (Å²) >= 11 is 0. The van der Waals surface area contributed by atoms with E-state index in [1.807, 2.05) is 36.4 Å². The first-order valence-electron chi connectivity index (χ1n) is 9.84. The average molecular weight is 375 g/mol. The highest BCUT2D eigenvalue weighted by molar-refractivity contribution is 5.51. The Balaban J connectivity index is 1.92. The second-order valence-corrected chi connectivity index (χ2v) is 8.98. The van der Waals surface area contributed by atoms with Crippen LogP contribution in [0.15, 0.2) is 72.8 Å². The fourth-order valence-electron chi connectivity index (χ4n) is 4.06. The Morgan fingerprint density at radius 3 is 1.21 bits per heavy atom. The Hall–Kier alpha value is -2.74. The molecule has 3 rings (SSSR count). The molecule has 2 N–H and O–H groups in total. The maximum atomic E-state index is 10.8. The first kappa shape index (κ1) is 20.0. The highest BCUT2D eigenvalue weighted by Crippen LogP contribution is 2.42. The van der Waals surface area contributed by atoms with Crippen molar-refractivity contribution in [1.29, 1.82) is 0 Å². The van der Waals surface area contributed by atoms with Gasteiger partial charge in [0.2, 0.25) is 0 Å². The van der Waals surface area contributed by atoms with Gasteiger partial charge in [-0.25, -0.2) is 0 Å². The van der Waals surface area contributed by atoms with Gasteiger partial charge in [-0.2, -0.15) is 0 Å². The van der Waals surface area contributed by atoms with Gasteiger partial charge in [0.25, 0.3) is 0 Å². The van der Waals surface area contributed by atoms with Crippen molar-refractivity contribution >= 4 is 0 Å². The van der Waals surface area contributed by atoms with Gasteiger partial charge < -0.3 is 10.2 Å². The van der Waals surface area contributed by atoms with Crippen LogP contribution in [-0.4, -0.2) is 10.2 Å². The predicted molar refractivity (Wildman–Crippen MR) is 116 cm³/mol. The summed E-state index contributed by atoms with van der Waals surface area (Å²) in [5.74, 6) is 0.490. The van der Waals surface area contributed by atoms with Crippen LogP contribution in [0, 0.1) is 0 Å². The van der Waals surface area contributed by atoms with Gasteiger partial charge in [0.05, 0.1) is 0 Å². The first-order valence-corrected chi connectivity index (χ1v) is 9.84. The van der Waals surface area contributed by atoms with Crippen molar-refractivity contribution in [1.82, 2.24) is 0 Å². The Morgan fingerprint density at radius 2 is 0.893 bits per heavy atom. The molecule has 0 spiro atoms. The smallest absolute Gasteiger partial charge is 0.119 e. The molecule has 0 aromatic heterocycles. The second kappa shape index (κ2) is 7.71. The molecule has 3 aromatic carbocycles. The van der Waals surface area contributed by atoms with Crippen LogP contribution in [0.2, 0.25) is 0 Å². The van der Waals surface area contributed by atoms with Gasteiger partial charge in [0.1, 0.15) is 11.5 Å². The maximum Gasteiger partial charge on any atom is 0.119 e. The summed E-state index contributed by atoms with van der Waals surface area (Å²) in [4.78, 5) is 0. The Kier molecular flexibility index (Phi) is 5.51. The van der Waals surface area contributed by atoms with E-state index in [1.54, 1.807) is 12.1 Å². The third-order valence-electron chi connectivity index (χ3n) is 5.55. The molecular weight excluding hydrogens is 344 g/mol. The zero-order chi connectivity index (χ0) is 20.4. The molecule has 0 atom stereocenters. The van der Waals surface area contributed by atoms with Crippen molar-refractivity contribution in [3.8, 4) is 11.5 Å². The monoisotopic (exact) mass is 374 g/mol. The summed E-state index contributed by atoms with van der Waals surface area (Å²) < 4.78 is 0. The highest BCUT2D eigenvalue weighted by Gasteiger charge is 2.30. The largest absolute Gasteiger partial charge is 0.508 e. The van der Waals surface area contributed by atoms with Crippen LogP contribution in [0.3, 0.4) is 0 Å². The maximum absolute atomic E-state index is 10.8. The molecule has 0 aliphatic carbocycles. The van der Waals surface area contributed by atoms with Crippen LogP contribution in [0.1, 0.15) is 49.9 Å². The lowest BCUT2D eigenvalue weighted by molar-refractivity contribution is 0.405. The number of rotatable bonds is 6. The van der Waals surface area contributed by atoms with Crippen molar-refractivity contribution in [2.45, 2.75) is 51.4 Å². The minimum atomic E-state index is -0.301. The molecule has 0 fully saturated rings. The summed E-state index contributed by atoms with van der Waals surface area (Å²) in [5.41, 5.74) is 3.36. The molecule has 0 aliphatic heterocycles. The number of phenolic OH excluding ortho intramolecular Hbond substituents is 2. The Labute approximate surface area is 168 Å². The van der Waals surface area contributed by atoms with Crippen LogP contribution < -0.4 is 0 Å². The fourth-order valence-corrected chi connectivity index (χ4v) is 4.06. The van der Waals surface area contributed by atoms with Gasteiger partial charge in [-0.1, -0.05) is 88.4 Å². The molecular formula is C26H30O2. The van der Waals surface area contributed by atoms with E-state index in [-0.39, 0.29) is 22.3 Å². The molecule has 0 unspecified atom stereocenters. The third-order valence-corrected chi connectivity index (χ3v) is 5.55. The Morgan fingerprint density at radius 1 is 0.571 bits per heavy atom. The molecule has 146 valence electrons. The number of benzene rings is 3. The molecule has 0 amide bonds. The van der Waals surface area contributed by atoms with Gasteiger partial charge >= 0.3 is 0 Å². The number of hydrogen-bond donors (Lipinski definition) is 2. The van der Waals surface area contributed by atoms with E-state index in [0.29, 0.717) is 0 Å². The number of hydrogen-bond acceptors (Lipinski definition) is 2. The summed E-state index contributed by atoms with van der Waals surface area (Å²) in [6.07, 6.45) is 1.57. The zero-order valence-corrected chi connectivity index (χ0v) is 17.2. The summed E-state index contributed by atoms with van der Waals surface area (Å²) in [6, 6.07) is 24.0. The van der Waals surface area contributed by atoms with Gasteiger partial charge in [-0.15, -0.1) is 0 Å². The molecule has 2 nitrogen and oxygen atoms in total. The molecule has 0 heterocycles. The molecule has 0 radical (unpaired) electrons. The van der Waals surface area contributed by atoms with Crippen molar-refractivity contribution < 1.29 is 10.2 Å². The second-order valence-electron chi connectivity index (χ2n) is 8.98. The minimum Gasteiger partial charge on any atom is -0.508 e.